The molecule has 0 spiro atoms. The Morgan fingerprint density at radius 1 is 1.17 bits per heavy atom. The highest BCUT2D eigenvalue weighted by atomic mass is 16.6. The maximum Gasteiger partial charge on any atom is 0.410 e. The van der Waals surface area contributed by atoms with Crippen LogP contribution in [0.5, 0.6) is 0 Å². The molecule has 2 fully saturated rings. The van der Waals surface area contributed by atoms with E-state index in [-0.39, 0.29) is 6.09 Å². The number of nitrogens with zero attached hydrogens (tertiary/aromatic N) is 2. The van der Waals surface area contributed by atoms with Gasteiger partial charge in [0, 0.05) is 26.2 Å². The average Bonchev–Trinajstić information content (AvgIpc) is 2.47. The summed E-state index contributed by atoms with van der Waals surface area (Å²) in [5.41, 5.74) is -0.901. The van der Waals surface area contributed by atoms with Crippen LogP contribution >= 0.6 is 0 Å². The number of piperazine rings is 1. The minimum Gasteiger partial charge on any atom is -0.444 e. The normalized spacial score (nSPS) is 22.9. The van der Waals surface area contributed by atoms with Crippen molar-refractivity contribution in [2.75, 3.05) is 45.8 Å². The summed E-state index contributed by atoms with van der Waals surface area (Å²) in [6, 6.07) is 0. The van der Waals surface area contributed by atoms with Crippen LogP contribution in [0.2, 0.25) is 0 Å². The second-order valence-electron chi connectivity index (χ2n) is 7.89. The molecule has 6 nitrogen and oxygen atoms in total. The average molecular weight is 327 g/mol. The Bertz CT molecular complexity index is 381. The SMILES string of the molecule is CC(C)(C)OC(=O)N1CCN(CCCC2(O)CCNCC2)CC1. The monoisotopic (exact) mass is 327 g/mol. The first-order valence-electron chi connectivity index (χ1n) is 8.91. The van der Waals surface area contributed by atoms with E-state index in [1.165, 1.54) is 0 Å². The minimum absolute atomic E-state index is 0.207. The van der Waals surface area contributed by atoms with Crippen LogP contribution in [0.1, 0.15) is 46.5 Å². The summed E-state index contributed by atoms with van der Waals surface area (Å²) in [5.74, 6) is 0. The number of nitrogens with one attached hydrogen (secondary N) is 1. The van der Waals surface area contributed by atoms with E-state index in [4.69, 9.17) is 4.74 Å². The Labute approximate surface area is 140 Å². The molecular weight excluding hydrogens is 294 g/mol. The summed E-state index contributed by atoms with van der Waals surface area (Å²) >= 11 is 0. The Balaban J connectivity index is 1.64. The van der Waals surface area contributed by atoms with Crippen molar-refractivity contribution in [1.82, 2.24) is 15.1 Å². The Hall–Kier alpha value is -0.850. The summed E-state index contributed by atoms with van der Waals surface area (Å²) in [6.45, 7) is 11.8. The molecule has 134 valence electrons. The first-order valence-corrected chi connectivity index (χ1v) is 8.91. The molecule has 2 heterocycles. The molecule has 0 aliphatic carbocycles. The van der Waals surface area contributed by atoms with Gasteiger partial charge < -0.3 is 20.1 Å². The number of carbonyl (C=O) groups is 1. The summed E-state index contributed by atoms with van der Waals surface area (Å²) in [5, 5.41) is 13.8. The standard InChI is InChI=1S/C17H33N3O3/c1-16(2,3)23-15(21)20-13-11-19(12-14-20)10-4-5-17(22)6-8-18-9-7-17/h18,22H,4-14H2,1-3H3. The number of hydrogen-bond acceptors (Lipinski definition) is 5. The number of aliphatic hydroxyl groups is 1. The molecule has 2 rings (SSSR count). The van der Waals surface area contributed by atoms with E-state index in [2.05, 4.69) is 10.2 Å². The molecule has 6 heteroatoms. The molecule has 2 saturated heterocycles. The Morgan fingerprint density at radius 2 is 1.78 bits per heavy atom. The van der Waals surface area contributed by atoms with E-state index >= 15 is 0 Å². The lowest BCUT2D eigenvalue weighted by Crippen LogP contribution is -2.50. The van der Waals surface area contributed by atoms with E-state index in [1.54, 1.807) is 4.90 Å². The molecule has 2 aliphatic rings. The van der Waals surface area contributed by atoms with Crippen LogP contribution in [0, 0.1) is 0 Å². The number of carbonyl (C=O) groups excluding carboxylic acids is 1. The van der Waals surface area contributed by atoms with Crippen LogP contribution in [0.3, 0.4) is 0 Å². The topological polar surface area (TPSA) is 65.0 Å². The quantitative estimate of drug-likeness (QED) is 0.818. The zero-order valence-electron chi connectivity index (χ0n) is 14.9. The molecule has 0 atom stereocenters. The molecule has 2 N–H and O–H groups in total. The van der Waals surface area contributed by atoms with E-state index in [0.29, 0.717) is 0 Å². The van der Waals surface area contributed by atoms with Gasteiger partial charge in [-0.2, -0.15) is 0 Å². The fourth-order valence-corrected chi connectivity index (χ4v) is 3.25. The number of rotatable bonds is 4. The van der Waals surface area contributed by atoms with Crippen molar-refractivity contribution in [2.24, 2.45) is 0 Å². The van der Waals surface area contributed by atoms with Gasteiger partial charge in [0.2, 0.25) is 0 Å². The van der Waals surface area contributed by atoms with Crippen molar-refractivity contribution >= 4 is 6.09 Å². The first kappa shape index (κ1) is 18.5. The van der Waals surface area contributed by atoms with Gasteiger partial charge in [-0.25, -0.2) is 4.79 Å². The molecular formula is C17H33N3O3. The zero-order chi connectivity index (χ0) is 16.9. The van der Waals surface area contributed by atoms with Gasteiger partial charge in [-0.15, -0.1) is 0 Å². The third-order valence-electron chi connectivity index (χ3n) is 4.67. The molecule has 0 aromatic heterocycles. The van der Waals surface area contributed by atoms with Gasteiger partial charge in [0.15, 0.2) is 0 Å². The highest BCUT2D eigenvalue weighted by Gasteiger charge is 2.29. The lowest BCUT2D eigenvalue weighted by molar-refractivity contribution is -0.00366. The molecule has 0 saturated carbocycles. The van der Waals surface area contributed by atoms with Crippen LogP contribution in [-0.4, -0.2) is 78.0 Å². The first-order chi connectivity index (χ1) is 10.8. The van der Waals surface area contributed by atoms with Gasteiger partial charge in [-0.05, 0) is 66.1 Å². The summed E-state index contributed by atoms with van der Waals surface area (Å²) < 4.78 is 5.42. The lowest BCUT2D eigenvalue weighted by atomic mass is 9.88. The van der Waals surface area contributed by atoms with Gasteiger partial charge in [0.05, 0.1) is 5.60 Å². The van der Waals surface area contributed by atoms with E-state index in [1.807, 2.05) is 20.8 Å². The molecule has 0 bridgehead atoms. The highest BCUT2D eigenvalue weighted by Crippen LogP contribution is 2.24. The van der Waals surface area contributed by atoms with Crippen molar-refractivity contribution in [3.8, 4) is 0 Å². The van der Waals surface area contributed by atoms with E-state index < -0.39 is 11.2 Å². The third kappa shape index (κ3) is 6.28. The predicted octanol–water partition coefficient (Wildman–Crippen LogP) is 1.43. The maximum absolute atomic E-state index is 12.0. The fourth-order valence-electron chi connectivity index (χ4n) is 3.25. The summed E-state index contributed by atoms with van der Waals surface area (Å²) in [7, 11) is 0. The van der Waals surface area contributed by atoms with Crippen LogP contribution in [0.25, 0.3) is 0 Å². The molecule has 0 unspecified atom stereocenters. The van der Waals surface area contributed by atoms with Gasteiger partial charge in [-0.1, -0.05) is 0 Å². The van der Waals surface area contributed by atoms with Gasteiger partial charge >= 0.3 is 6.09 Å². The second kappa shape index (κ2) is 7.81. The van der Waals surface area contributed by atoms with Crippen molar-refractivity contribution < 1.29 is 14.6 Å². The summed E-state index contributed by atoms with van der Waals surface area (Å²) in [6.07, 6.45) is 3.41. The highest BCUT2D eigenvalue weighted by molar-refractivity contribution is 5.68. The smallest absolute Gasteiger partial charge is 0.410 e. The van der Waals surface area contributed by atoms with E-state index in [9.17, 15) is 9.90 Å². The van der Waals surface area contributed by atoms with Gasteiger partial charge in [0.25, 0.3) is 0 Å². The second-order valence-corrected chi connectivity index (χ2v) is 7.89. The van der Waals surface area contributed by atoms with Crippen LogP contribution in [0.15, 0.2) is 0 Å². The maximum atomic E-state index is 12.0. The third-order valence-corrected chi connectivity index (χ3v) is 4.67. The predicted molar refractivity (Wildman–Crippen MR) is 90.5 cm³/mol. The fraction of sp³-hybridized carbons (Fsp3) is 0.941. The lowest BCUT2D eigenvalue weighted by Gasteiger charge is -2.37. The van der Waals surface area contributed by atoms with Gasteiger partial charge in [-0.3, -0.25) is 4.90 Å². The Morgan fingerprint density at radius 3 is 2.35 bits per heavy atom. The van der Waals surface area contributed by atoms with Crippen molar-refractivity contribution in [1.29, 1.82) is 0 Å². The molecule has 23 heavy (non-hydrogen) atoms. The van der Waals surface area contributed by atoms with Crippen LogP contribution in [0.4, 0.5) is 4.79 Å². The van der Waals surface area contributed by atoms with Crippen molar-refractivity contribution in [3.05, 3.63) is 0 Å². The van der Waals surface area contributed by atoms with Gasteiger partial charge in [0.1, 0.15) is 5.60 Å². The largest absolute Gasteiger partial charge is 0.444 e. The molecule has 0 aromatic carbocycles. The molecule has 0 aromatic rings. The summed E-state index contributed by atoms with van der Waals surface area (Å²) in [4.78, 5) is 16.2. The Kier molecular flexibility index (Phi) is 6.28. The molecule has 0 radical (unpaired) electrons. The number of piperidine rings is 1. The number of amides is 1. The minimum atomic E-state index is -0.469. The number of ether oxygens (including phenoxy) is 1. The van der Waals surface area contributed by atoms with E-state index in [0.717, 1.165) is 71.5 Å². The molecule has 2 aliphatic heterocycles. The number of hydrogen-bond donors (Lipinski definition) is 2. The zero-order valence-corrected chi connectivity index (χ0v) is 14.9. The van der Waals surface area contributed by atoms with Crippen molar-refractivity contribution in [3.63, 3.8) is 0 Å². The van der Waals surface area contributed by atoms with Crippen LogP contribution < -0.4 is 5.32 Å². The van der Waals surface area contributed by atoms with Crippen molar-refractivity contribution in [2.45, 2.75) is 57.7 Å². The molecule has 1 amide bonds. The van der Waals surface area contributed by atoms with Crippen LogP contribution in [-0.2, 0) is 4.74 Å².